The van der Waals surface area contributed by atoms with Crippen LogP contribution in [0.1, 0.15) is 12.5 Å². The Hall–Kier alpha value is -1.81. The maximum Gasteiger partial charge on any atom is 0.246 e. The number of hydrogen-bond donors (Lipinski definition) is 0. The zero-order valence-corrected chi connectivity index (χ0v) is 12.2. The zero-order valence-electron chi connectivity index (χ0n) is 12.2. The Labute approximate surface area is 120 Å². The lowest BCUT2D eigenvalue weighted by Crippen LogP contribution is -2.36. The van der Waals surface area contributed by atoms with E-state index in [2.05, 4.69) is 29.2 Å². The Morgan fingerprint density at radius 3 is 2.55 bits per heavy atom. The molecule has 1 fully saturated rings. The normalized spacial score (nSPS) is 15.6. The SMILES string of the molecule is C/C=C/C(=O)N(C)Cc1ccc(N2CCOCC2)cc1. The molecule has 1 aliphatic rings. The predicted octanol–water partition coefficient (Wildman–Crippen LogP) is 2.06. The lowest BCUT2D eigenvalue weighted by molar-refractivity contribution is -0.125. The van der Waals surface area contributed by atoms with Crippen molar-refractivity contribution in [2.24, 2.45) is 0 Å². The van der Waals surface area contributed by atoms with Crippen molar-refractivity contribution < 1.29 is 9.53 Å². The van der Waals surface area contributed by atoms with Crippen LogP contribution < -0.4 is 4.90 Å². The quantitative estimate of drug-likeness (QED) is 0.788. The van der Waals surface area contributed by atoms with Crippen LogP contribution in [0.15, 0.2) is 36.4 Å². The lowest BCUT2D eigenvalue weighted by atomic mass is 10.1. The van der Waals surface area contributed by atoms with Gasteiger partial charge in [0, 0.05) is 32.4 Å². The molecule has 1 aromatic rings. The summed E-state index contributed by atoms with van der Waals surface area (Å²) in [5.41, 5.74) is 2.36. The summed E-state index contributed by atoms with van der Waals surface area (Å²) in [6.07, 6.45) is 3.35. The number of morpholine rings is 1. The summed E-state index contributed by atoms with van der Waals surface area (Å²) in [4.78, 5) is 15.7. The van der Waals surface area contributed by atoms with E-state index in [9.17, 15) is 4.79 Å². The van der Waals surface area contributed by atoms with Crippen LogP contribution in [0.3, 0.4) is 0 Å². The van der Waals surface area contributed by atoms with Crippen LogP contribution in [-0.4, -0.2) is 44.2 Å². The summed E-state index contributed by atoms with van der Waals surface area (Å²) in [5.74, 6) is 0.0322. The minimum atomic E-state index is 0.0322. The van der Waals surface area contributed by atoms with Gasteiger partial charge >= 0.3 is 0 Å². The standard InChI is InChI=1S/C16H22N2O2/c1-3-4-16(19)17(2)13-14-5-7-15(8-6-14)18-9-11-20-12-10-18/h3-8H,9-13H2,1-2H3/b4-3+. The molecule has 1 amide bonds. The van der Waals surface area contributed by atoms with Crippen LogP contribution in [-0.2, 0) is 16.1 Å². The molecule has 0 saturated carbocycles. The number of benzene rings is 1. The van der Waals surface area contributed by atoms with Crippen LogP contribution >= 0.6 is 0 Å². The molecule has 0 unspecified atom stereocenters. The van der Waals surface area contributed by atoms with Crippen LogP contribution in [0, 0.1) is 0 Å². The Morgan fingerprint density at radius 2 is 1.95 bits per heavy atom. The fourth-order valence-electron chi connectivity index (χ4n) is 2.26. The fourth-order valence-corrected chi connectivity index (χ4v) is 2.26. The molecule has 4 heteroatoms. The van der Waals surface area contributed by atoms with E-state index in [1.54, 1.807) is 17.1 Å². The van der Waals surface area contributed by atoms with Crippen LogP contribution in [0.4, 0.5) is 5.69 Å². The Bertz CT molecular complexity index is 462. The molecular weight excluding hydrogens is 252 g/mol. The van der Waals surface area contributed by atoms with Crippen LogP contribution in [0.5, 0.6) is 0 Å². The molecule has 2 rings (SSSR count). The molecule has 0 bridgehead atoms. The van der Waals surface area contributed by atoms with E-state index in [4.69, 9.17) is 4.74 Å². The second kappa shape index (κ2) is 7.10. The molecule has 0 atom stereocenters. The number of allylic oxidation sites excluding steroid dienone is 1. The minimum absolute atomic E-state index is 0.0322. The van der Waals surface area contributed by atoms with Gasteiger partial charge in [0.15, 0.2) is 0 Å². The summed E-state index contributed by atoms with van der Waals surface area (Å²) in [6, 6.07) is 8.41. The molecule has 0 aliphatic carbocycles. The molecule has 0 radical (unpaired) electrons. The molecule has 0 N–H and O–H groups in total. The molecule has 1 heterocycles. The van der Waals surface area contributed by atoms with Crippen molar-refractivity contribution in [2.75, 3.05) is 38.3 Å². The van der Waals surface area contributed by atoms with Gasteiger partial charge in [-0.15, -0.1) is 0 Å². The second-order valence-corrected chi connectivity index (χ2v) is 4.96. The van der Waals surface area contributed by atoms with Gasteiger partial charge in [-0.25, -0.2) is 0 Å². The number of anilines is 1. The number of ether oxygens (including phenoxy) is 1. The molecule has 1 aliphatic heterocycles. The number of likely N-dealkylation sites (N-methyl/N-ethyl adjacent to an activating group) is 1. The monoisotopic (exact) mass is 274 g/mol. The summed E-state index contributed by atoms with van der Waals surface area (Å²) < 4.78 is 5.35. The van der Waals surface area contributed by atoms with E-state index >= 15 is 0 Å². The van der Waals surface area contributed by atoms with E-state index in [0.717, 1.165) is 31.9 Å². The van der Waals surface area contributed by atoms with Crippen molar-refractivity contribution in [3.8, 4) is 0 Å². The predicted molar refractivity (Wildman–Crippen MR) is 80.8 cm³/mol. The maximum atomic E-state index is 11.7. The minimum Gasteiger partial charge on any atom is -0.378 e. The number of carbonyl (C=O) groups is 1. The van der Waals surface area contributed by atoms with Crippen molar-refractivity contribution in [3.63, 3.8) is 0 Å². The molecular formula is C16H22N2O2. The summed E-state index contributed by atoms with van der Waals surface area (Å²) in [6.45, 7) is 5.96. The summed E-state index contributed by atoms with van der Waals surface area (Å²) >= 11 is 0. The number of rotatable bonds is 4. The second-order valence-electron chi connectivity index (χ2n) is 4.96. The number of amides is 1. The van der Waals surface area contributed by atoms with E-state index in [-0.39, 0.29) is 5.91 Å². The molecule has 0 aromatic heterocycles. The van der Waals surface area contributed by atoms with Gasteiger partial charge in [-0.05, 0) is 30.7 Å². The summed E-state index contributed by atoms with van der Waals surface area (Å²) in [7, 11) is 1.82. The molecule has 0 spiro atoms. The topological polar surface area (TPSA) is 32.8 Å². The van der Waals surface area contributed by atoms with Crippen molar-refractivity contribution in [3.05, 3.63) is 42.0 Å². The first-order valence-electron chi connectivity index (χ1n) is 7.00. The number of hydrogen-bond acceptors (Lipinski definition) is 3. The zero-order chi connectivity index (χ0) is 14.4. The number of carbonyl (C=O) groups excluding carboxylic acids is 1. The van der Waals surface area contributed by atoms with Gasteiger partial charge in [0.05, 0.1) is 13.2 Å². The van der Waals surface area contributed by atoms with Crippen molar-refractivity contribution in [1.82, 2.24) is 4.90 Å². The molecule has 4 nitrogen and oxygen atoms in total. The first-order chi connectivity index (χ1) is 9.70. The molecule has 108 valence electrons. The van der Waals surface area contributed by atoms with Gasteiger partial charge in [-0.1, -0.05) is 18.2 Å². The van der Waals surface area contributed by atoms with E-state index in [0.29, 0.717) is 6.54 Å². The highest BCUT2D eigenvalue weighted by Crippen LogP contribution is 2.17. The first kappa shape index (κ1) is 14.6. The highest BCUT2D eigenvalue weighted by Gasteiger charge is 2.11. The van der Waals surface area contributed by atoms with Crippen molar-refractivity contribution >= 4 is 11.6 Å². The lowest BCUT2D eigenvalue weighted by Gasteiger charge is -2.29. The van der Waals surface area contributed by atoms with E-state index in [1.165, 1.54) is 5.69 Å². The van der Waals surface area contributed by atoms with E-state index < -0.39 is 0 Å². The van der Waals surface area contributed by atoms with Gasteiger partial charge in [0.1, 0.15) is 0 Å². The molecule has 20 heavy (non-hydrogen) atoms. The van der Waals surface area contributed by atoms with Crippen molar-refractivity contribution in [1.29, 1.82) is 0 Å². The van der Waals surface area contributed by atoms with Crippen LogP contribution in [0.25, 0.3) is 0 Å². The Kier molecular flexibility index (Phi) is 5.18. The largest absolute Gasteiger partial charge is 0.378 e. The van der Waals surface area contributed by atoms with Crippen molar-refractivity contribution in [2.45, 2.75) is 13.5 Å². The highest BCUT2D eigenvalue weighted by molar-refractivity contribution is 5.87. The van der Waals surface area contributed by atoms with Crippen LogP contribution in [0.2, 0.25) is 0 Å². The van der Waals surface area contributed by atoms with Gasteiger partial charge < -0.3 is 14.5 Å². The van der Waals surface area contributed by atoms with Gasteiger partial charge in [-0.3, -0.25) is 4.79 Å². The average Bonchev–Trinajstić information content (AvgIpc) is 2.49. The average molecular weight is 274 g/mol. The first-order valence-corrected chi connectivity index (χ1v) is 7.00. The highest BCUT2D eigenvalue weighted by atomic mass is 16.5. The third-order valence-electron chi connectivity index (χ3n) is 3.42. The van der Waals surface area contributed by atoms with Gasteiger partial charge in [0.2, 0.25) is 5.91 Å². The smallest absolute Gasteiger partial charge is 0.246 e. The van der Waals surface area contributed by atoms with Gasteiger partial charge in [-0.2, -0.15) is 0 Å². The number of nitrogens with zero attached hydrogens (tertiary/aromatic N) is 2. The molecule has 1 aromatic carbocycles. The van der Waals surface area contributed by atoms with E-state index in [1.807, 2.05) is 14.0 Å². The maximum absolute atomic E-state index is 11.7. The van der Waals surface area contributed by atoms with Gasteiger partial charge in [0.25, 0.3) is 0 Å². The fraction of sp³-hybridized carbons (Fsp3) is 0.438. The molecule has 1 saturated heterocycles. The summed E-state index contributed by atoms with van der Waals surface area (Å²) in [5, 5.41) is 0. The Balaban J connectivity index is 1.95. The third-order valence-corrected chi connectivity index (χ3v) is 3.42. The Morgan fingerprint density at radius 1 is 1.30 bits per heavy atom. The third kappa shape index (κ3) is 3.84.